The van der Waals surface area contributed by atoms with Crippen LogP contribution < -0.4 is 10.6 Å². The standard InChI is InChI=1S/C48H52F4N8O8/c1-24(2)38(57-44(63)65-5)42(61)59-15-7-8-36(59)41-54-33-14-11-27(20-34(33)55-41)26-9-12-29-30-13-10-28(19-32(30)48(51,52)47(49,50)31(29)18-26)35-22-53-40(56-35)37-21-46(67-16-17-68-46)23-60(37)43(62)39(25(3)4)58-45(64)66-6/h9-14,18-20,22,24-25,36-39H,7-8,15-17,21,23H2,1-6H3,(H,53,56)(H,54,55)(H,57,63)(H,58,64)/t36-,37-,38-,39-/m0/s1. The number of carbonyl (C=O) groups excluding carboxylic acids is 4. The number of nitrogens with zero attached hydrogens (tertiary/aromatic N) is 4. The molecule has 0 saturated carbocycles. The molecule has 4 atom stereocenters. The van der Waals surface area contributed by atoms with Crippen LogP contribution >= 0.6 is 0 Å². The minimum atomic E-state index is -4.63. The molecular weight excluding hydrogens is 893 g/mol. The Morgan fingerprint density at radius 2 is 1.29 bits per heavy atom. The van der Waals surface area contributed by atoms with Crippen molar-refractivity contribution < 1.29 is 55.7 Å². The van der Waals surface area contributed by atoms with Crippen molar-refractivity contribution in [3.8, 4) is 33.5 Å². The number of hydrogen-bond acceptors (Lipinski definition) is 10. The largest absolute Gasteiger partial charge is 0.453 e. The summed E-state index contributed by atoms with van der Waals surface area (Å²) in [6.07, 6.45) is 1.40. The number of amides is 4. The fourth-order valence-corrected chi connectivity index (χ4v) is 9.87. The van der Waals surface area contributed by atoms with Gasteiger partial charge in [0.25, 0.3) is 0 Å². The Morgan fingerprint density at radius 1 is 0.735 bits per heavy atom. The van der Waals surface area contributed by atoms with Crippen LogP contribution in [-0.2, 0) is 40.4 Å². The third-order valence-electron chi connectivity index (χ3n) is 13.5. The van der Waals surface area contributed by atoms with Gasteiger partial charge >= 0.3 is 24.0 Å². The van der Waals surface area contributed by atoms with E-state index in [1.54, 1.807) is 49.1 Å². The van der Waals surface area contributed by atoms with Gasteiger partial charge in [0.05, 0.1) is 69.0 Å². The molecule has 9 rings (SSSR count). The van der Waals surface area contributed by atoms with Crippen molar-refractivity contribution in [2.45, 2.75) is 88.8 Å². The molecule has 4 N–H and O–H groups in total. The first-order valence-electron chi connectivity index (χ1n) is 22.5. The van der Waals surface area contributed by atoms with Crippen molar-refractivity contribution >= 4 is 35.0 Å². The summed E-state index contributed by atoms with van der Waals surface area (Å²) in [5.41, 5.74) is 0.477. The van der Waals surface area contributed by atoms with Crippen LogP contribution in [0.3, 0.4) is 0 Å². The van der Waals surface area contributed by atoms with Gasteiger partial charge in [0.2, 0.25) is 11.8 Å². The predicted octanol–water partition coefficient (Wildman–Crippen LogP) is 7.93. The summed E-state index contributed by atoms with van der Waals surface area (Å²) >= 11 is 0. The molecule has 20 heteroatoms. The van der Waals surface area contributed by atoms with Crippen molar-refractivity contribution in [2.75, 3.05) is 40.5 Å². The Kier molecular flexibility index (Phi) is 12.0. The van der Waals surface area contributed by atoms with Gasteiger partial charge in [0, 0.05) is 29.7 Å². The lowest BCUT2D eigenvalue weighted by molar-refractivity contribution is -0.225. The second-order valence-corrected chi connectivity index (χ2v) is 18.4. The molecule has 2 aromatic heterocycles. The maximum absolute atomic E-state index is 16.4. The number of imidazole rings is 2. The number of hydrogen-bond donors (Lipinski definition) is 4. The molecule has 1 aliphatic carbocycles. The molecule has 5 aromatic rings. The molecule has 3 aromatic carbocycles. The number of alkyl halides is 4. The lowest BCUT2D eigenvalue weighted by atomic mass is 9.78. The number of benzene rings is 3. The number of likely N-dealkylation sites (tertiary alicyclic amines) is 2. The first-order chi connectivity index (χ1) is 32.4. The van der Waals surface area contributed by atoms with Crippen molar-refractivity contribution in [3.05, 3.63) is 83.6 Å². The summed E-state index contributed by atoms with van der Waals surface area (Å²) < 4.78 is 86.8. The molecule has 68 heavy (non-hydrogen) atoms. The van der Waals surface area contributed by atoms with Gasteiger partial charge in [-0.3, -0.25) is 9.59 Å². The van der Waals surface area contributed by atoms with Crippen LogP contribution in [0.2, 0.25) is 0 Å². The van der Waals surface area contributed by atoms with E-state index >= 15 is 17.6 Å². The summed E-state index contributed by atoms with van der Waals surface area (Å²) in [5, 5.41) is 5.22. The minimum Gasteiger partial charge on any atom is -0.453 e. The highest BCUT2D eigenvalue weighted by Crippen LogP contribution is 2.59. The topological polar surface area (TPSA) is 193 Å². The fourth-order valence-electron chi connectivity index (χ4n) is 9.87. The molecule has 3 fully saturated rings. The highest BCUT2D eigenvalue weighted by Gasteiger charge is 2.63. The normalized spacial score (nSPS) is 20.9. The summed E-state index contributed by atoms with van der Waals surface area (Å²) in [5.74, 6) is -10.8. The van der Waals surface area contributed by atoms with Crippen molar-refractivity contribution in [1.29, 1.82) is 0 Å². The number of H-pyrrole nitrogens is 2. The number of ether oxygens (including phenoxy) is 4. The molecule has 16 nitrogen and oxygen atoms in total. The first kappa shape index (κ1) is 46.6. The maximum atomic E-state index is 16.4. The lowest BCUT2D eigenvalue weighted by Gasteiger charge is -2.35. The van der Waals surface area contributed by atoms with E-state index in [0.717, 1.165) is 12.1 Å². The molecule has 4 amide bonds. The average Bonchev–Trinajstić information content (AvgIpc) is 4.19. The number of carbonyl (C=O) groups is 4. The van der Waals surface area contributed by atoms with Crippen molar-refractivity contribution in [3.63, 3.8) is 0 Å². The number of alkyl carbamates (subject to hydrolysis) is 2. The van der Waals surface area contributed by atoms with E-state index < -0.39 is 71.0 Å². The molecule has 5 heterocycles. The molecule has 0 bridgehead atoms. The van der Waals surface area contributed by atoms with Crippen molar-refractivity contribution in [2.24, 2.45) is 11.8 Å². The van der Waals surface area contributed by atoms with Crippen LogP contribution in [0, 0.1) is 11.8 Å². The van der Waals surface area contributed by atoms with Gasteiger partial charge in [0.1, 0.15) is 23.7 Å². The minimum absolute atomic E-state index is 0.0278. The highest BCUT2D eigenvalue weighted by molar-refractivity contribution is 5.88. The molecule has 0 radical (unpaired) electrons. The Labute approximate surface area is 388 Å². The number of fused-ring (bicyclic) bond motifs is 4. The molecule has 3 saturated heterocycles. The van der Waals surface area contributed by atoms with E-state index in [9.17, 15) is 19.2 Å². The number of aromatic nitrogens is 4. The monoisotopic (exact) mass is 944 g/mol. The summed E-state index contributed by atoms with van der Waals surface area (Å²) in [4.78, 5) is 70.9. The van der Waals surface area contributed by atoms with Gasteiger partial charge in [-0.1, -0.05) is 58.0 Å². The van der Waals surface area contributed by atoms with Crippen LogP contribution in [0.15, 0.2) is 60.8 Å². The summed E-state index contributed by atoms with van der Waals surface area (Å²) in [7, 11) is 2.42. The van der Waals surface area contributed by atoms with Gasteiger partial charge in [-0.15, -0.1) is 0 Å². The molecular formula is C48H52F4N8O8. The van der Waals surface area contributed by atoms with E-state index in [-0.39, 0.29) is 64.5 Å². The Bertz CT molecular complexity index is 2790. The van der Waals surface area contributed by atoms with Crippen LogP contribution in [0.5, 0.6) is 0 Å². The number of methoxy groups -OCH3 is 2. The molecule has 360 valence electrons. The number of halogens is 4. The Balaban J connectivity index is 0.989. The summed E-state index contributed by atoms with van der Waals surface area (Å²) in [6, 6.07) is 10.2. The van der Waals surface area contributed by atoms with Crippen LogP contribution in [-0.4, -0.2) is 112 Å². The van der Waals surface area contributed by atoms with Gasteiger partial charge < -0.3 is 49.3 Å². The molecule has 3 aliphatic heterocycles. The zero-order valence-electron chi connectivity index (χ0n) is 38.3. The van der Waals surface area contributed by atoms with E-state index in [0.29, 0.717) is 55.0 Å². The zero-order valence-corrected chi connectivity index (χ0v) is 38.3. The highest BCUT2D eigenvalue weighted by atomic mass is 19.3. The second-order valence-electron chi connectivity index (χ2n) is 18.4. The predicted molar refractivity (Wildman–Crippen MR) is 238 cm³/mol. The number of nitrogens with one attached hydrogen (secondary N) is 4. The quantitative estimate of drug-likeness (QED) is 0.100. The lowest BCUT2D eigenvalue weighted by Crippen LogP contribution is -2.52. The summed E-state index contributed by atoms with van der Waals surface area (Å²) in [6.45, 7) is 8.27. The number of aromatic amines is 2. The van der Waals surface area contributed by atoms with Gasteiger partial charge in [-0.25, -0.2) is 19.6 Å². The van der Waals surface area contributed by atoms with Crippen LogP contribution in [0.25, 0.3) is 44.5 Å². The maximum Gasteiger partial charge on any atom is 0.407 e. The Hall–Kier alpha value is -6.54. The van der Waals surface area contributed by atoms with E-state index in [1.165, 1.54) is 37.4 Å². The SMILES string of the molecule is COC(=O)N[C@H](C(=O)N1CC2(C[C@H]1c1ncc(-c3ccc4c(c3)C(F)(F)C(F)(F)c3cc(-c5ccc6[nH]c([C@@H]7CCCN7C(=O)[C@@H](NC(=O)OC)C(C)C)nc6c5)ccc3-4)[nH]1)OCCO2)C(C)C. The average molecular weight is 945 g/mol. The molecule has 1 spiro atoms. The number of rotatable bonds is 10. The Morgan fingerprint density at radius 3 is 1.90 bits per heavy atom. The van der Waals surface area contributed by atoms with Crippen LogP contribution in [0.4, 0.5) is 27.2 Å². The third kappa shape index (κ3) is 7.99. The van der Waals surface area contributed by atoms with E-state index in [1.807, 2.05) is 13.8 Å². The molecule has 4 aliphatic rings. The molecule has 0 unspecified atom stereocenters. The van der Waals surface area contributed by atoms with Crippen LogP contribution in [0.1, 0.15) is 81.8 Å². The smallest absolute Gasteiger partial charge is 0.407 e. The zero-order chi connectivity index (χ0) is 48.4. The third-order valence-corrected chi connectivity index (χ3v) is 13.5. The van der Waals surface area contributed by atoms with Gasteiger partial charge in [-0.05, 0) is 71.2 Å². The van der Waals surface area contributed by atoms with E-state index in [2.05, 4.69) is 25.6 Å². The van der Waals surface area contributed by atoms with Gasteiger partial charge in [0.15, 0.2) is 5.79 Å². The first-order valence-corrected chi connectivity index (χ1v) is 22.5. The second kappa shape index (κ2) is 17.5. The van der Waals surface area contributed by atoms with E-state index in [4.69, 9.17) is 23.9 Å². The van der Waals surface area contributed by atoms with Gasteiger partial charge in [-0.2, -0.15) is 17.6 Å². The van der Waals surface area contributed by atoms with Crippen molar-refractivity contribution in [1.82, 2.24) is 40.4 Å². The fraction of sp³-hybridized carbons (Fsp3) is 0.458.